The molecule has 2 aromatic heterocycles. The number of nitrogens with one attached hydrogen (secondary N) is 1. The van der Waals surface area contributed by atoms with Crippen LogP contribution in [0.15, 0.2) is 28.0 Å². The Kier molecular flexibility index (Phi) is 3.49. The highest BCUT2D eigenvalue weighted by Crippen LogP contribution is 1.96. The number of rotatable bonds is 5. The lowest BCUT2D eigenvalue weighted by Gasteiger charge is -2.05. The molecule has 0 saturated carbocycles. The smallest absolute Gasteiger partial charge is 0.293 e. The zero-order valence-electron chi connectivity index (χ0n) is 9.46. The first-order chi connectivity index (χ1) is 8.31. The van der Waals surface area contributed by atoms with Gasteiger partial charge >= 0.3 is 0 Å². The number of aryl methyl sites for hydroxylation is 1. The standard InChI is InChI=1S/C10H13N5O2/c1-2-15-6-5-12-9(10(15)16)11-4-3-8-13-7-14-17-8/h5-7H,2-4H2,1H3,(H,11,12). The van der Waals surface area contributed by atoms with Crippen molar-refractivity contribution in [2.75, 3.05) is 11.9 Å². The first-order valence-corrected chi connectivity index (χ1v) is 5.36. The minimum Gasteiger partial charge on any atom is -0.365 e. The lowest BCUT2D eigenvalue weighted by molar-refractivity contribution is 0.379. The average molecular weight is 235 g/mol. The maximum Gasteiger partial charge on any atom is 0.293 e. The Balaban J connectivity index is 1.97. The largest absolute Gasteiger partial charge is 0.365 e. The second kappa shape index (κ2) is 5.24. The second-order valence-electron chi connectivity index (χ2n) is 3.38. The van der Waals surface area contributed by atoms with Crippen molar-refractivity contribution in [3.8, 4) is 0 Å². The van der Waals surface area contributed by atoms with E-state index >= 15 is 0 Å². The third-order valence-electron chi connectivity index (χ3n) is 2.29. The summed E-state index contributed by atoms with van der Waals surface area (Å²) in [5, 5.41) is 6.45. The van der Waals surface area contributed by atoms with Crippen molar-refractivity contribution in [1.29, 1.82) is 0 Å². The van der Waals surface area contributed by atoms with Crippen LogP contribution in [0.3, 0.4) is 0 Å². The Hall–Kier alpha value is -2.18. The Bertz CT molecular complexity index is 520. The van der Waals surface area contributed by atoms with Crippen LogP contribution in [0.4, 0.5) is 5.82 Å². The topological polar surface area (TPSA) is 85.8 Å². The van der Waals surface area contributed by atoms with Gasteiger partial charge in [-0.25, -0.2) is 4.98 Å². The fourth-order valence-corrected chi connectivity index (χ4v) is 1.41. The van der Waals surface area contributed by atoms with Crippen LogP contribution in [0.1, 0.15) is 12.8 Å². The molecule has 0 aliphatic rings. The fourth-order valence-electron chi connectivity index (χ4n) is 1.41. The van der Waals surface area contributed by atoms with Crippen LogP contribution in [0.2, 0.25) is 0 Å². The second-order valence-corrected chi connectivity index (χ2v) is 3.38. The summed E-state index contributed by atoms with van der Waals surface area (Å²) in [6.45, 7) is 3.06. The molecule has 0 bridgehead atoms. The van der Waals surface area contributed by atoms with Crippen LogP contribution in [-0.4, -0.2) is 26.2 Å². The molecular weight excluding hydrogens is 222 g/mol. The first-order valence-electron chi connectivity index (χ1n) is 5.36. The van der Waals surface area contributed by atoms with E-state index in [1.54, 1.807) is 17.0 Å². The van der Waals surface area contributed by atoms with E-state index in [1.807, 2.05) is 6.92 Å². The summed E-state index contributed by atoms with van der Waals surface area (Å²) in [6, 6.07) is 0. The van der Waals surface area contributed by atoms with Crippen LogP contribution < -0.4 is 10.9 Å². The SMILES string of the molecule is CCn1ccnc(NCCc2ncno2)c1=O. The zero-order chi connectivity index (χ0) is 12.1. The molecule has 0 amide bonds. The maximum absolute atomic E-state index is 11.8. The summed E-state index contributed by atoms with van der Waals surface area (Å²) in [7, 11) is 0. The van der Waals surface area contributed by atoms with Gasteiger partial charge < -0.3 is 14.4 Å². The van der Waals surface area contributed by atoms with E-state index in [-0.39, 0.29) is 5.56 Å². The van der Waals surface area contributed by atoms with Crippen molar-refractivity contribution in [3.05, 3.63) is 35.0 Å². The lowest BCUT2D eigenvalue weighted by Crippen LogP contribution is -2.24. The Morgan fingerprint density at radius 1 is 1.47 bits per heavy atom. The molecule has 7 heteroatoms. The molecule has 0 aromatic carbocycles. The van der Waals surface area contributed by atoms with Gasteiger partial charge in [-0.05, 0) is 6.92 Å². The third-order valence-corrected chi connectivity index (χ3v) is 2.29. The number of hydrogen-bond donors (Lipinski definition) is 1. The van der Waals surface area contributed by atoms with Crippen molar-refractivity contribution in [2.24, 2.45) is 0 Å². The van der Waals surface area contributed by atoms with Crippen LogP contribution in [0, 0.1) is 0 Å². The predicted molar refractivity (Wildman–Crippen MR) is 60.7 cm³/mol. The number of nitrogens with zero attached hydrogens (tertiary/aromatic N) is 4. The number of anilines is 1. The van der Waals surface area contributed by atoms with E-state index in [0.29, 0.717) is 31.2 Å². The monoisotopic (exact) mass is 235 g/mol. The van der Waals surface area contributed by atoms with Gasteiger partial charge in [0, 0.05) is 31.9 Å². The predicted octanol–water partition coefficient (Wildman–Crippen LogP) is 0.301. The van der Waals surface area contributed by atoms with Crippen LogP contribution in [0.5, 0.6) is 0 Å². The normalized spacial score (nSPS) is 10.4. The molecule has 90 valence electrons. The Labute approximate surface area is 97.5 Å². The molecule has 2 rings (SSSR count). The quantitative estimate of drug-likeness (QED) is 0.802. The molecular formula is C10H13N5O2. The Morgan fingerprint density at radius 3 is 3.06 bits per heavy atom. The highest BCUT2D eigenvalue weighted by Gasteiger charge is 2.04. The molecule has 1 N–H and O–H groups in total. The van der Waals surface area contributed by atoms with Crippen molar-refractivity contribution in [1.82, 2.24) is 19.7 Å². The summed E-state index contributed by atoms with van der Waals surface area (Å²) in [6.07, 6.45) is 5.16. The summed E-state index contributed by atoms with van der Waals surface area (Å²) < 4.78 is 6.43. The van der Waals surface area contributed by atoms with Gasteiger partial charge in [0.25, 0.3) is 5.56 Å². The molecule has 0 fully saturated rings. The van der Waals surface area contributed by atoms with E-state index in [9.17, 15) is 4.79 Å². The third kappa shape index (κ3) is 2.68. The van der Waals surface area contributed by atoms with Crippen LogP contribution >= 0.6 is 0 Å². The van der Waals surface area contributed by atoms with Gasteiger partial charge in [-0.1, -0.05) is 5.16 Å². The van der Waals surface area contributed by atoms with E-state index in [4.69, 9.17) is 4.52 Å². The van der Waals surface area contributed by atoms with E-state index in [0.717, 1.165) is 0 Å². The summed E-state index contributed by atoms with van der Waals surface area (Å²) in [5.74, 6) is 0.873. The highest BCUT2D eigenvalue weighted by molar-refractivity contribution is 5.30. The van der Waals surface area contributed by atoms with Gasteiger partial charge in [-0.3, -0.25) is 4.79 Å². The summed E-state index contributed by atoms with van der Waals surface area (Å²) >= 11 is 0. The molecule has 2 heterocycles. The van der Waals surface area contributed by atoms with Gasteiger partial charge in [0.05, 0.1) is 0 Å². The number of hydrogen-bond acceptors (Lipinski definition) is 6. The first kappa shape index (κ1) is 11.3. The van der Waals surface area contributed by atoms with E-state index < -0.39 is 0 Å². The minimum atomic E-state index is -0.125. The van der Waals surface area contributed by atoms with Gasteiger partial charge in [0.15, 0.2) is 12.1 Å². The molecule has 2 aromatic rings. The van der Waals surface area contributed by atoms with Crippen LogP contribution in [-0.2, 0) is 13.0 Å². The van der Waals surface area contributed by atoms with Crippen molar-refractivity contribution >= 4 is 5.82 Å². The van der Waals surface area contributed by atoms with Crippen molar-refractivity contribution in [3.63, 3.8) is 0 Å². The summed E-state index contributed by atoms with van der Waals surface area (Å²) in [5.41, 5.74) is -0.125. The van der Waals surface area contributed by atoms with E-state index in [2.05, 4.69) is 20.4 Å². The molecule has 0 radical (unpaired) electrons. The molecule has 0 spiro atoms. The van der Waals surface area contributed by atoms with Gasteiger partial charge in [-0.2, -0.15) is 4.98 Å². The molecule has 7 nitrogen and oxygen atoms in total. The lowest BCUT2D eigenvalue weighted by atomic mass is 10.4. The molecule has 0 aliphatic heterocycles. The van der Waals surface area contributed by atoms with Gasteiger partial charge in [-0.15, -0.1) is 0 Å². The molecule has 0 atom stereocenters. The molecule has 0 aliphatic carbocycles. The highest BCUT2D eigenvalue weighted by atomic mass is 16.5. The Morgan fingerprint density at radius 2 is 2.35 bits per heavy atom. The average Bonchev–Trinajstić information content (AvgIpc) is 2.84. The van der Waals surface area contributed by atoms with Crippen LogP contribution in [0.25, 0.3) is 0 Å². The van der Waals surface area contributed by atoms with Gasteiger partial charge in [0.2, 0.25) is 5.89 Å². The molecule has 17 heavy (non-hydrogen) atoms. The van der Waals surface area contributed by atoms with Crippen molar-refractivity contribution < 1.29 is 4.52 Å². The van der Waals surface area contributed by atoms with Crippen molar-refractivity contribution in [2.45, 2.75) is 19.9 Å². The number of aromatic nitrogens is 4. The van der Waals surface area contributed by atoms with Gasteiger partial charge in [0.1, 0.15) is 0 Å². The zero-order valence-corrected chi connectivity index (χ0v) is 9.46. The fraction of sp³-hybridized carbons (Fsp3) is 0.400. The molecule has 0 unspecified atom stereocenters. The minimum absolute atomic E-state index is 0.125. The summed E-state index contributed by atoms with van der Waals surface area (Å²) in [4.78, 5) is 19.7. The maximum atomic E-state index is 11.8. The molecule has 0 saturated heterocycles. The van der Waals surface area contributed by atoms with E-state index in [1.165, 1.54) is 6.33 Å².